The summed E-state index contributed by atoms with van der Waals surface area (Å²) in [7, 11) is 0. The van der Waals surface area contributed by atoms with Crippen molar-refractivity contribution < 1.29 is 13.9 Å². The summed E-state index contributed by atoms with van der Waals surface area (Å²) >= 11 is 13.4. The molecular weight excluding hydrogens is 445 g/mol. The lowest BCUT2D eigenvalue weighted by Crippen LogP contribution is -2.25. The van der Waals surface area contributed by atoms with E-state index in [9.17, 15) is 4.79 Å². The third-order valence-electron chi connectivity index (χ3n) is 6.54. The van der Waals surface area contributed by atoms with Crippen molar-refractivity contribution in [3.8, 4) is 17.2 Å². The van der Waals surface area contributed by atoms with Crippen LogP contribution >= 0.6 is 23.2 Å². The van der Waals surface area contributed by atoms with Crippen molar-refractivity contribution in [1.82, 2.24) is 4.98 Å². The van der Waals surface area contributed by atoms with Crippen LogP contribution in [0, 0.1) is 5.41 Å². The van der Waals surface area contributed by atoms with Crippen LogP contribution in [0.4, 0.5) is 0 Å². The molecule has 5 rings (SSSR count). The summed E-state index contributed by atoms with van der Waals surface area (Å²) in [5, 5.41) is 0.880. The van der Waals surface area contributed by atoms with Crippen molar-refractivity contribution in [1.29, 1.82) is 0 Å². The van der Waals surface area contributed by atoms with Crippen LogP contribution in [0.3, 0.4) is 0 Å². The molecule has 2 aromatic carbocycles. The van der Waals surface area contributed by atoms with Gasteiger partial charge in [-0.1, -0.05) is 48.7 Å². The number of carbonyl (C=O) groups excluding carboxylic acids is 1. The molecule has 4 nitrogen and oxygen atoms in total. The lowest BCUT2D eigenvalue weighted by molar-refractivity contribution is -0.115. The van der Waals surface area contributed by atoms with E-state index in [1.807, 2.05) is 30.3 Å². The van der Waals surface area contributed by atoms with Crippen molar-refractivity contribution in [2.75, 3.05) is 0 Å². The van der Waals surface area contributed by atoms with Crippen molar-refractivity contribution in [3.05, 3.63) is 75.6 Å². The first-order valence-electron chi connectivity index (χ1n) is 10.9. The Labute approximate surface area is 197 Å². The Morgan fingerprint density at radius 3 is 2.72 bits per heavy atom. The minimum atomic E-state index is -0.0215. The van der Waals surface area contributed by atoms with Crippen molar-refractivity contribution in [2.24, 2.45) is 5.41 Å². The highest BCUT2D eigenvalue weighted by atomic mass is 35.5. The first-order valence-corrected chi connectivity index (χ1v) is 11.6. The predicted octanol–water partition coefficient (Wildman–Crippen LogP) is 7.32. The molecule has 2 aliphatic rings. The Hall–Kier alpha value is -2.56. The standard InChI is InChI=1S/C26H23Cl2NO3/c1-2-8-26-9-7-19(30)13-20(26)22-18(14-26)12-21(23(27)24(22)28)32-15-16-3-5-17(6-4-16)25-29-10-11-31-25/h3-6,10-13H,2,7-9,14-15H2,1H3. The summed E-state index contributed by atoms with van der Waals surface area (Å²) in [6.07, 6.45) is 9.38. The van der Waals surface area contributed by atoms with Crippen molar-refractivity contribution in [2.45, 2.75) is 45.6 Å². The first-order chi connectivity index (χ1) is 15.5. The number of rotatable bonds is 6. The molecular formula is C26H23Cl2NO3. The highest BCUT2D eigenvalue weighted by molar-refractivity contribution is 6.44. The van der Waals surface area contributed by atoms with Crippen LogP contribution in [0.5, 0.6) is 5.75 Å². The van der Waals surface area contributed by atoms with Crippen LogP contribution in [-0.4, -0.2) is 10.8 Å². The average Bonchev–Trinajstić information content (AvgIpc) is 3.43. The van der Waals surface area contributed by atoms with E-state index in [-0.39, 0.29) is 11.2 Å². The Bertz CT molecular complexity index is 1200. The highest BCUT2D eigenvalue weighted by Gasteiger charge is 2.45. The zero-order chi connectivity index (χ0) is 22.3. The molecule has 1 aromatic heterocycles. The fraction of sp³-hybridized carbons (Fsp3) is 0.308. The smallest absolute Gasteiger partial charge is 0.225 e. The summed E-state index contributed by atoms with van der Waals surface area (Å²) in [5.74, 6) is 1.32. The summed E-state index contributed by atoms with van der Waals surface area (Å²) in [6.45, 7) is 2.55. The Kier molecular flexibility index (Phi) is 5.60. The summed E-state index contributed by atoms with van der Waals surface area (Å²) in [4.78, 5) is 16.4. The molecule has 0 saturated heterocycles. The maximum absolute atomic E-state index is 12.2. The van der Waals surface area contributed by atoms with E-state index in [1.165, 1.54) is 0 Å². The third-order valence-corrected chi connectivity index (χ3v) is 7.39. The van der Waals surface area contributed by atoms with Crippen LogP contribution in [0.25, 0.3) is 17.0 Å². The second-order valence-electron chi connectivity index (χ2n) is 8.59. The van der Waals surface area contributed by atoms with Crippen molar-refractivity contribution in [3.63, 3.8) is 0 Å². The fourth-order valence-electron chi connectivity index (χ4n) is 5.05. The van der Waals surface area contributed by atoms with Gasteiger partial charge >= 0.3 is 0 Å². The molecule has 0 radical (unpaired) electrons. The van der Waals surface area contributed by atoms with Crippen LogP contribution in [0.1, 0.15) is 49.3 Å². The molecule has 32 heavy (non-hydrogen) atoms. The number of hydrogen-bond donors (Lipinski definition) is 0. The average molecular weight is 468 g/mol. The summed E-state index contributed by atoms with van der Waals surface area (Å²) in [6, 6.07) is 9.86. The van der Waals surface area contributed by atoms with Crippen molar-refractivity contribution >= 4 is 34.6 Å². The number of ether oxygens (including phenoxy) is 1. The van der Waals surface area contributed by atoms with Gasteiger partial charge in [0.05, 0.1) is 11.2 Å². The fourth-order valence-corrected chi connectivity index (χ4v) is 5.57. The third kappa shape index (κ3) is 3.66. The second-order valence-corrected chi connectivity index (χ2v) is 9.35. The van der Waals surface area contributed by atoms with E-state index in [4.69, 9.17) is 32.4 Å². The van der Waals surface area contributed by atoms with Gasteiger partial charge in [0.1, 0.15) is 23.6 Å². The molecule has 0 aliphatic heterocycles. The Morgan fingerprint density at radius 1 is 1.19 bits per heavy atom. The molecule has 0 amide bonds. The Balaban J connectivity index is 1.41. The zero-order valence-corrected chi connectivity index (χ0v) is 19.3. The number of carbonyl (C=O) groups is 1. The molecule has 1 unspecified atom stereocenters. The minimum absolute atomic E-state index is 0.0215. The van der Waals surface area contributed by atoms with E-state index >= 15 is 0 Å². The topological polar surface area (TPSA) is 52.3 Å². The van der Waals surface area contributed by atoms with E-state index in [0.717, 1.165) is 53.5 Å². The summed E-state index contributed by atoms with van der Waals surface area (Å²) < 4.78 is 11.4. The highest BCUT2D eigenvalue weighted by Crippen LogP contribution is 2.58. The number of allylic oxidation sites excluding steroid dienone is 2. The zero-order valence-electron chi connectivity index (χ0n) is 17.8. The molecule has 1 heterocycles. The van der Waals surface area contributed by atoms with Crippen LogP contribution < -0.4 is 4.74 Å². The lowest BCUT2D eigenvalue weighted by Gasteiger charge is -2.33. The number of halogens is 2. The SMILES string of the molecule is CCCC12CCC(=O)C=C1c1c(cc(OCc3ccc(-c4ncco4)cc3)c(Cl)c1Cl)C2. The normalized spacial score (nSPS) is 19.5. The van der Waals surface area contributed by atoms with Gasteiger partial charge in [-0.25, -0.2) is 4.98 Å². The quantitative estimate of drug-likeness (QED) is 0.381. The number of hydrogen-bond acceptors (Lipinski definition) is 4. The number of nitrogens with zero attached hydrogens (tertiary/aromatic N) is 1. The molecule has 3 aromatic rings. The van der Waals surface area contributed by atoms with Gasteiger partial charge < -0.3 is 9.15 Å². The molecule has 0 fully saturated rings. The predicted molar refractivity (Wildman–Crippen MR) is 126 cm³/mol. The number of fused-ring (bicyclic) bond motifs is 3. The van der Waals surface area contributed by atoms with Crippen LogP contribution in [-0.2, 0) is 17.8 Å². The Morgan fingerprint density at radius 2 is 2.00 bits per heavy atom. The molecule has 0 bridgehead atoms. The molecule has 164 valence electrons. The van der Waals surface area contributed by atoms with E-state index in [2.05, 4.69) is 11.9 Å². The first kappa shape index (κ1) is 21.3. The monoisotopic (exact) mass is 467 g/mol. The largest absolute Gasteiger partial charge is 0.487 e. The lowest BCUT2D eigenvalue weighted by atomic mass is 9.70. The van der Waals surface area contributed by atoms with Gasteiger partial charge in [0, 0.05) is 23.0 Å². The van der Waals surface area contributed by atoms with Gasteiger partial charge in [0.25, 0.3) is 0 Å². The van der Waals surface area contributed by atoms with Crippen LogP contribution in [0.15, 0.2) is 53.3 Å². The number of oxazole rings is 1. The molecule has 6 heteroatoms. The maximum Gasteiger partial charge on any atom is 0.225 e. The second kappa shape index (κ2) is 8.42. The van der Waals surface area contributed by atoms with Gasteiger partial charge in [-0.05, 0) is 60.2 Å². The molecule has 0 saturated carbocycles. The van der Waals surface area contributed by atoms with Gasteiger partial charge in [-0.3, -0.25) is 4.79 Å². The molecule has 1 atom stereocenters. The van der Waals surface area contributed by atoms with E-state index in [1.54, 1.807) is 18.5 Å². The van der Waals surface area contributed by atoms with Gasteiger partial charge in [0.15, 0.2) is 5.78 Å². The van der Waals surface area contributed by atoms with E-state index in [0.29, 0.717) is 34.7 Å². The number of ketones is 1. The molecule has 0 N–H and O–H groups in total. The number of benzene rings is 2. The maximum atomic E-state index is 12.2. The number of aromatic nitrogens is 1. The van der Waals surface area contributed by atoms with Gasteiger partial charge in [-0.2, -0.15) is 0 Å². The van der Waals surface area contributed by atoms with Crippen LogP contribution in [0.2, 0.25) is 10.0 Å². The minimum Gasteiger partial charge on any atom is -0.487 e. The molecule has 2 aliphatic carbocycles. The molecule has 0 spiro atoms. The summed E-state index contributed by atoms with van der Waals surface area (Å²) in [5.41, 5.74) is 4.99. The van der Waals surface area contributed by atoms with Gasteiger partial charge in [-0.15, -0.1) is 0 Å². The van der Waals surface area contributed by atoms with E-state index < -0.39 is 0 Å². The van der Waals surface area contributed by atoms with Gasteiger partial charge in [0.2, 0.25) is 5.89 Å².